The van der Waals surface area contributed by atoms with Crippen LogP contribution in [0.15, 0.2) is 27.9 Å². The minimum atomic E-state index is -3.45. The molecule has 1 amide bonds. The van der Waals surface area contributed by atoms with E-state index in [-0.39, 0.29) is 11.9 Å². The van der Waals surface area contributed by atoms with Crippen LogP contribution in [0.5, 0.6) is 0 Å². The van der Waals surface area contributed by atoms with E-state index in [1.54, 1.807) is 46.8 Å². The van der Waals surface area contributed by atoms with Gasteiger partial charge in [0.2, 0.25) is 0 Å². The summed E-state index contributed by atoms with van der Waals surface area (Å²) in [5.74, 6) is -0.198. The average molecular weight is 398 g/mol. The van der Waals surface area contributed by atoms with Gasteiger partial charge in [0.1, 0.15) is 4.21 Å². The van der Waals surface area contributed by atoms with Gasteiger partial charge in [0.05, 0.1) is 6.20 Å². The number of rotatable bonds is 6. The Bertz CT molecular complexity index is 845. The Balaban J connectivity index is 1.69. The lowest BCUT2D eigenvalue weighted by molar-refractivity contribution is 0.0822. The summed E-state index contributed by atoms with van der Waals surface area (Å²) in [5, 5.41) is 9.68. The number of piperidine rings is 1. The van der Waals surface area contributed by atoms with Gasteiger partial charge in [-0.2, -0.15) is 4.31 Å². The second-order valence-electron chi connectivity index (χ2n) is 6.55. The molecule has 0 saturated carbocycles. The number of aromatic nitrogens is 3. The first kappa shape index (κ1) is 19.0. The summed E-state index contributed by atoms with van der Waals surface area (Å²) in [5.41, 5.74) is 0.293. The van der Waals surface area contributed by atoms with E-state index < -0.39 is 10.0 Å². The Morgan fingerprint density at radius 3 is 2.88 bits per heavy atom. The van der Waals surface area contributed by atoms with Gasteiger partial charge in [0, 0.05) is 33.2 Å². The van der Waals surface area contributed by atoms with Crippen LogP contribution in [0.25, 0.3) is 0 Å². The van der Waals surface area contributed by atoms with Gasteiger partial charge >= 0.3 is 0 Å². The van der Waals surface area contributed by atoms with E-state index in [4.69, 9.17) is 0 Å². The molecule has 2 aromatic rings. The maximum absolute atomic E-state index is 12.9. The molecule has 0 N–H and O–H groups in total. The van der Waals surface area contributed by atoms with E-state index in [1.165, 1.54) is 16.2 Å². The normalized spacial score (nSPS) is 18.8. The van der Waals surface area contributed by atoms with E-state index in [0.717, 1.165) is 19.3 Å². The molecule has 10 heteroatoms. The monoisotopic (exact) mass is 397 g/mol. The van der Waals surface area contributed by atoms with Crippen LogP contribution in [0, 0.1) is 0 Å². The summed E-state index contributed by atoms with van der Waals surface area (Å²) in [4.78, 5) is 13.4. The number of sulfonamides is 1. The highest BCUT2D eigenvalue weighted by Crippen LogP contribution is 2.29. The second kappa shape index (κ2) is 7.85. The molecule has 3 rings (SSSR count). The molecule has 0 bridgehead atoms. The lowest BCUT2D eigenvalue weighted by atomic mass is 10.0. The molecule has 1 unspecified atom stereocenters. The van der Waals surface area contributed by atoms with Crippen molar-refractivity contribution < 1.29 is 13.2 Å². The lowest BCUT2D eigenvalue weighted by Gasteiger charge is -2.34. The molecule has 1 aliphatic heterocycles. The first-order valence-corrected chi connectivity index (χ1v) is 10.9. The number of hydrogen-bond donors (Lipinski definition) is 0. The zero-order chi connectivity index (χ0) is 18.7. The molecule has 8 nitrogen and oxygen atoms in total. The van der Waals surface area contributed by atoms with Crippen molar-refractivity contribution in [3.63, 3.8) is 0 Å². The van der Waals surface area contributed by atoms with Crippen molar-refractivity contribution in [3.05, 3.63) is 29.4 Å². The average Bonchev–Trinajstić information content (AvgIpc) is 3.31. The fraction of sp³-hybridized carbons (Fsp3) is 0.562. The van der Waals surface area contributed by atoms with Gasteiger partial charge in [0.25, 0.3) is 15.9 Å². The lowest BCUT2D eigenvalue weighted by Crippen LogP contribution is -2.43. The molecule has 3 heterocycles. The summed E-state index contributed by atoms with van der Waals surface area (Å²) in [7, 11) is -0.119. The van der Waals surface area contributed by atoms with Crippen LogP contribution in [-0.4, -0.2) is 65.2 Å². The van der Waals surface area contributed by atoms with Gasteiger partial charge in [-0.1, -0.05) is 17.7 Å². The van der Waals surface area contributed by atoms with Crippen molar-refractivity contribution in [1.29, 1.82) is 0 Å². The molecular formula is C16H23N5O3S2. The zero-order valence-corrected chi connectivity index (χ0v) is 16.5. The minimum Gasteiger partial charge on any atom is -0.343 e. The Labute approximate surface area is 157 Å². The second-order valence-corrected chi connectivity index (χ2v) is 9.62. The molecule has 0 spiro atoms. The molecule has 142 valence electrons. The molecule has 1 saturated heterocycles. The van der Waals surface area contributed by atoms with Crippen molar-refractivity contribution in [2.75, 3.05) is 20.6 Å². The third-order valence-electron chi connectivity index (χ3n) is 4.49. The first-order chi connectivity index (χ1) is 12.4. The third kappa shape index (κ3) is 3.97. The quantitative estimate of drug-likeness (QED) is 0.740. The molecule has 0 radical (unpaired) electrons. The van der Waals surface area contributed by atoms with Crippen LogP contribution in [0.4, 0.5) is 0 Å². The minimum absolute atomic E-state index is 0.0620. The largest absolute Gasteiger partial charge is 0.343 e. The van der Waals surface area contributed by atoms with Gasteiger partial charge in [-0.15, -0.1) is 16.4 Å². The Kier molecular flexibility index (Phi) is 5.73. The van der Waals surface area contributed by atoms with Gasteiger partial charge in [0.15, 0.2) is 5.69 Å². The number of amides is 1. The first-order valence-electron chi connectivity index (χ1n) is 8.56. The highest BCUT2D eigenvalue weighted by Gasteiger charge is 2.33. The summed E-state index contributed by atoms with van der Waals surface area (Å²) >= 11 is 1.25. The number of nitrogens with zero attached hydrogens (tertiary/aromatic N) is 5. The van der Waals surface area contributed by atoms with Crippen LogP contribution < -0.4 is 0 Å². The maximum Gasteiger partial charge on any atom is 0.275 e. The van der Waals surface area contributed by atoms with Crippen molar-refractivity contribution >= 4 is 27.3 Å². The summed E-state index contributed by atoms with van der Waals surface area (Å²) in [6.07, 6.45) is 4.99. The smallest absolute Gasteiger partial charge is 0.275 e. The molecular weight excluding hydrogens is 374 g/mol. The van der Waals surface area contributed by atoms with Gasteiger partial charge in [-0.3, -0.25) is 9.48 Å². The van der Waals surface area contributed by atoms with Crippen molar-refractivity contribution in [3.8, 4) is 0 Å². The Morgan fingerprint density at radius 1 is 1.38 bits per heavy atom. The van der Waals surface area contributed by atoms with Crippen LogP contribution in [0.1, 0.15) is 36.2 Å². The van der Waals surface area contributed by atoms with E-state index >= 15 is 0 Å². The topological polar surface area (TPSA) is 88.4 Å². The fourth-order valence-electron chi connectivity index (χ4n) is 3.12. The molecule has 1 fully saturated rings. The Hall–Kier alpha value is -1.78. The van der Waals surface area contributed by atoms with Crippen molar-refractivity contribution in [2.24, 2.45) is 0 Å². The number of carbonyl (C=O) groups is 1. The summed E-state index contributed by atoms with van der Waals surface area (Å²) < 4.78 is 29.4. The number of thiophene rings is 1. The van der Waals surface area contributed by atoms with E-state index in [9.17, 15) is 13.2 Å². The summed E-state index contributed by atoms with van der Waals surface area (Å²) in [6.45, 7) is 1.07. The molecule has 1 aliphatic rings. The standard InChI is InChI=1S/C16H23N5O3S2/c1-19(2)16(22)14-12-20(18-17-14)10-8-13-6-3-4-9-21(13)26(23,24)15-7-5-11-25-15/h5,7,11-13H,3-4,6,8-10H2,1-2H3. The maximum atomic E-state index is 12.9. The molecule has 1 atom stereocenters. The fourth-order valence-corrected chi connectivity index (χ4v) is 5.96. The van der Waals surface area contributed by atoms with E-state index in [1.807, 2.05) is 0 Å². The van der Waals surface area contributed by atoms with Crippen LogP contribution in [-0.2, 0) is 16.6 Å². The van der Waals surface area contributed by atoms with Crippen LogP contribution in [0.3, 0.4) is 0 Å². The predicted molar refractivity (Wildman–Crippen MR) is 98.5 cm³/mol. The van der Waals surface area contributed by atoms with Gasteiger partial charge in [-0.25, -0.2) is 8.42 Å². The van der Waals surface area contributed by atoms with Crippen LogP contribution >= 0.6 is 11.3 Å². The third-order valence-corrected chi connectivity index (χ3v) is 7.81. The summed E-state index contributed by atoms with van der Waals surface area (Å²) in [6, 6.07) is 3.35. The number of carbonyl (C=O) groups excluding carboxylic acids is 1. The molecule has 0 aliphatic carbocycles. The van der Waals surface area contributed by atoms with E-state index in [2.05, 4.69) is 10.3 Å². The van der Waals surface area contributed by atoms with E-state index in [0.29, 0.717) is 29.4 Å². The Morgan fingerprint density at radius 2 is 2.19 bits per heavy atom. The SMILES string of the molecule is CN(C)C(=O)c1cn(CCC2CCCCN2S(=O)(=O)c2cccs2)nn1. The predicted octanol–water partition coefficient (Wildman–Crippen LogP) is 1.67. The molecule has 2 aromatic heterocycles. The van der Waals surface area contributed by atoms with Crippen molar-refractivity contribution in [2.45, 2.75) is 42.5 Å². The highest BCUT2D eigenvalue weighted by atomic mass is 32.2. The molecule has 0 aromatic carbocycles. The number of aryl methyl sites for hydroxylation is 1. The highest BCUT2D eigenvalue weighted by molar-refractivity contribution is 7.91. The van der Waals surface area contributed by atoms with Gasteiger partial charge < -0.3 is 4.90 Å². The van der Waals surface area contributed by atoms with Crippen molar-refractivity contribution in [1.82, 2.24) is 24.2 Å². The number of hydrogen-bond acceptors (Lipinski definition) is 6. The van der Waals surface area contributed by atoms with Crippen LogP contribution in [0.2, 0.25) is 0 Å². The zero-order valence-electron chi connectivity index (χ0n) is 14.9. The molecule has 26 heavy (non-hydrogen) atoms. The van der Waals surface area contributed by atoms with Gasteiger partial charge in [-0.05, 0) is 30.7 Å².